The summed E-state index contributed by atoms with van der Waals surface area (Å²) in [5, 5.41) is 11.9. The molecule has 0 aliphatic heterocycles. The zero-order valence-corrected chi connectivity index (χ0v) is 14.6. The molecule has 0 fully saturated rings. The van der Waals surface area contributed by atoms with Gasteiger partial charge in [-0.1, -0.05) is 18.2 Å². The number of alkyl halides is 3. The highest BCUT2D eigenvalue weighted by Gasteiger charge is 2.30. The summed E-state index contributed by atoms with van der Waals surface area (Å²) in [6.07, 6.45) is -3.78. The van der Waals surface area contributed by atoms with E-state index in [-0.39, 0.29) is 24.5 Å². The third-order valence-electron chi connectivity index (χ3n) is 3.58. The topological polar surface area (TPSA) is 90.7 Å². The van der Waals surface area contributed by atoms with Gasteiger partial charge in [0, 0.05) is 5.69 Å². The highest BCUT2D eigenvalue weighted by atomic mass is 19.4. The predicted molar refractivity (Wildman–Crippen MR) is 93.6 cm³/mol. The van der Waals surface area contributed by atoms with Crippen molar-refractivity contribution < 1.29 is 32.6 Å². The number of benzene rings is 2. The van der Waals surface area contributed by atoms with Crippen LogP contribution in [0.4, 0.5) is 24.5 Å². The van der Waals surface area contributed by atoms with Crippen molar-refractivity contribution >= 4 is 17.3 Å². The van der Waals surface area contributed by atoms with Gasteiger partial charge in [0.25, 0.3) is 5.09 Å². The number of ether oxygens (including phenoxy) is 1. The molecule has 0 saturated carbocycles. The first-order chi connectivity index (χ1) is 13.3. The van der Waals surface area contributed by atoms with Crippen LogP contribution in [0.5, 0.6) is 0 Å². The van der Waals surface area contributed by atoms with Crippen LogP contribution in [-0.4, -0.2) is 24.3 Å². The number of para-hydroxylation sites is 1. The van der Waals surface area contributed by atoms with Gasteiger partial charge in [-0.15, -0.1) is 10.1 Å². The fourth-order valence-corrected chi connectivity index (χ4v) is 2.28. The Morgan fingerprint density at radius 3 is 2.50 bits per heavy atom. The van der Waals surface area contributed by atoms with Crippen LogP contribution in [0, 0.1) is 10.1 Å². The Morgan fingerprint density at radius 2 is 1.79 bits per heavy atom. The number of nitrogens with one attached hydrogen (secondary N) is 1. The molecular weight excluding hydrogens is 381 g/mol. The van der Waals surface area contributed by atoms with Gasteiger partial charge in [-0.25, -0.2) is 4.79 Å². The fraction of sp³-hybridized carbons (Fsp3) is 0.278. The first-order valence-electron chi connectivity index (χ1n) is 8.25. The quantitative estimate of drug-likeness (QED) is 0.287. The van der Waals surface area contributed by atoms with E-state index in [0.29, 0.717) is 18.5 Å². The molecule has 0 spiro atoms. The van der Waals surface area contributed by atoms with E-state index in [1.807, 2.05) is 0 Å². The van der Waals surface area contributed by atoms with Crippen LogP contribution in [0.1, 0.15) is 28.8 Å². The van der Waals surface area contributed by atoms with Crippen LogP contribution >= 0.6 is 0 Å². The van der Waals surface area contributed by atoms with Gasteiger partial charge in [0.15, 0.2) is 0 Å². The smallest absolute Gasteiger partial charge is 0.416 e. The number of esters is 1. The molecule has 0 heterocycles. The van der Waals surface area contributed by atoms with Gasteiger partial charge in [0.1, 0.15) is 0 Å². The first kappa shape index (κ1) is 21.0. The summed E-state index contributed by atoms with van der Waals surface area (Å²) in [7, 11) is 0. The van der Waals surface area contributed by atoms with Crippen LogP contribution < -0.4 is 5.32 Å². The normalized spacial score (nSPS) is 11.0. The standard InChI is InChI=1S/C18H17F3N2O5/c19-18(20,21)13-6-5-7-14(12-13)22-16-9-2-1-8-15(16)17(24)27-10-3-4-11-28-23(25)26/h1-2,5-9,12,22H,3-4,10-11H2. The minimum absolute atomic E-state index is 0.0256. The molecule has 7 nitrogen and oxygen atoms in total. The summed E-state index contributed by atoms with van der Waals surface area (Å²) in [4.78, 5) is 26.4. The Hall–Kier alpha value is -3.30. The van der Waals surface area contributed by atoms with Gasteiger partial charge in [-0.2, -0.15) is 13.2 Å². The summed E-state index contributed by atoms with van der Waals surface area (Å²) in [5.74, 6) is -0.662. The second kappa shape index (κ2) is 9.58. The maximum Gasteiger partial charge on any atom is 0.416 e. The number of nitrogens with zero attached hydrogens (tertiary/aromatic N) is 1. The van der Waals surface area contributed by atoms with Crippen molar-refractivity contribution in [1.82, 2.24) is 0 Å². The van der Waals surface area contributed by atoms with Crippen LogP contribution in [-0.2, 0) is 15.8 Å². The minimum atomic E-state index is -4.48. The summed E-state index contributed by atoms with van der Waals surface area (Å²) in [6, 6.07) is 10.9. The Kier molecular flexibility index (Phi) is 7.19. The maximum atomic E-state index is 12.8. The Bertz CT molecular complexity index is 827. The van der Waals surface area contributed by atoms with Gasteiger partial charge in [0.2, 0.25) is 0 Å². The van der Waals surface area contributed by atoms with Crippen molar-refractivity contribution in [3.05, 3.63) is 69.8 Å². The van der Waals surface area contributed by atoms with Crippen molar-refractivity contribution in [3.8, 4) is 0 Å². The lowest BCUT2D eigenvalue weighted by molar-refractivity contribution is -0.757. The van der Waals surface area contributed by atoms with Crippen molar-refractivity contribution in [2.45, 2.75) is 19.0 Å². The third kappa shape index (κ3) is 6.45. The van der Waals surface area contributed by atoms with Crippen LogP contribution in [0.25, 0.3) is 0 Å². The molecule has 2 rings (SSSR count). The molecule has 0 bridgehead atoms. The lowest BCUT2D eigenvalue weighted by Gasteiger charge is -2.13. The summed E-state index contributed by atoms with van der Waals surface area (Å²) in [5.41, 5.74) is -0.188. The lowest BCUT2D eigenvalue weighted by Crippen LogP contribution is -2.10. The average molecular weight is 398 g/mol. The van der Waals surface area contributed by atoms with Crippen molar-refractivity contribution in [3.63, 3.8) is 0 Å². The molecule has 0 saturated heterocycles. The summed E-state index contributed by atoms with van der Waals surface area (Å²) < 4.78 is 43.6. The largest absolute Gasteiger partial charge is 0.462 e. The fourth-order valence-electron chi connectivity index (χ4n) is 2.28. The van der Waals surface area contributed by atoms with E-state index >= 15 is 0 Å². The molecule has 28 heavy (non-hydrogen) atoms. The average Bonchev–Trinajstić information content (AvgIpc) is 2.64. The molecule has 0 aliphatic rings. The zero-order chi connectivity index (χ0) is 20.6. The molecular formula is C18H17F3N2O5. The molecule has 1 N–H and O–H groups in total. The number of rotatable bonds is 9. The highest BCUT2D eigenvalue weighted by molar-refractivity contribution is 5.96. The maximum absolute atomic E-state index is 12.8. The van der Waals surface area contributed by atoms with E-state index in [9.17, 15) is 28.1 Å². The molecule has 0 radical (unpaired) electrons. The van der Waals surface area contributed by atoms with Crippen molar-refractivity contribution in [2.24, 2.45) is 0 Å². The number of halogens is 3. The number of anilines is 2. The van der Waals surface area contributed by atoms with E-state index in [4.69, 9.17) is 4.74 Å². The third-order valence-corrected chi connectivity index (χ3v) is 3.58. The van der Waals surface area contributed by atoms with E-state index < -0.39 is 22.8 Å². The van der Waals surface area contributed by atoms with Crippen molar-refractivity contribution in [2.75, 3.05) is 18.5 Å². The summed E-state index contributed by atoms with van der Waals surface area (Å²) >= 11 is 0. The molecule has 0 amide bonds. The first-order valence-corrected chi connectivity index (χ1v) is 8.25. The molecule has 150 valence electrons. The Labute approximate surface area is 158 Å². The van der Waals surface area contributed by atoms with E-state index in [1.165, 1.54) is 18.2 Å². The predicted octanol–water partition coefficient (Wildman–Crippen LogP) is 4.59. The molecule has 2 aromatic carbocycles. The molecule has 0 aliphatic carbocycles. The second-order valence-corrected chi connectivity index (χ2v) is 5.65. The number of hydrogen-bond acceptors (Lipinski definition) is 6. The number of carbonyl (C=O) groups excluding carboxylic acids is 1. The monoisotopic (exact) mass is 398 g/mol. The SMILES string of the molecule is O=C(OCCCCO[N+](=O)[O-])c1ccccc1Nc1cccc(C(F)(F)F)c1. The molecule has 0 atom stereocenters. The van der Waals surface area contributed by atoms with Gasteiger partial charge >= 0.3 is 12.1 Å². The zero-order valence-electron chi connectivity index (χ0n) is 14.6. The van der Waals surface area contributed by atoms with Gasteiger partial charge in [-0.3, -0.25) is 0 Å². The molecule has 10 heteroatoms. The lowest BCUT2D eigenvalue weighted by atomic mass is 10.1. The van der Waals surface area contributed by atoms with Crippen LogP contribution in [0.15, 0.2) is 48.5 Å². The summed E-state index contributed by atoms with van der Waals surface area (Å²) in [6.45, 7) is -0.0734. The number of hydrogen-bond donors (Lipinski definition) is 1. The number of unbranched alkanes of at least 4 members (excludes halogenated alkanes) is 1. The highest BCUT2D eigenvalue weighted by Crippen LogP contribution is 2.32. The Balaban J connectivity index is 1.99. The van der Waals surface area contributed by atoms with E-state index in [0.717, 1.165) is 12.1 Å². The van der Waals surface area contributed by atoms with Crippen LogP contribution in [0.3, 0.4) is 0 Å². The minimum Gasteiger partial charge on any atom is -0.462 e. The van der Waals surface area contributed by atoms with Crippen molar-refractivity contribution in [1.29, 1.82) is 0 Å². The van der Waals surface area contributed by atoms with Gasteiger partial charge in [0.05, 0.1) is 30.0 Å². The number of carbonyl (C=O) groups is 1. The van der Waals surface area contributed by atoms with Gasteiger partial charge in [-0.05, 0) is 43.2 Å². The molecule has 2 aromatic rings. The van der Waals surface area contributed by atoms with Gasteiger partial charge < -0.3 is 14.9 Å². The molecule has 0 aromatic heterocycles. The van der Waals surface area contributed by atoms with Crippen LogP contribution in [0.2, 0.25) is 0 Å². The molecule has 0 unspecified atom stereocenters. The second-order valence-electron chi connectivity index (χ2n) is 5.65. The van der Waals surface area contributed by atoms with E-state index in [2.05, 4.69) is 10.2 Å². The Morgan fingerprint density at radius 1 is 1.07 bits per heavy atom. The van der Waals surface area contributed by atoms with E-state index in [1.54, 1.807) is 18.2 Å².